The molecule has 0 aliphatic rings. The van der Waals surface area contributed by atoms with Gasteiger partial charge in [-0.3, -0.25) is 4.79 Å². The third-order valence-corrected chi connectivity index (χ3v) is 5.44. The number of halogens is 1. The molecule has 1 heterocycles. The number of benzene rings is 3. The molecule has 1 N–H and O–H groups in total. The number of nitrogens with zero attached hydrogens (tertiary/aromatic N) is 2. The summed E-state index contributed by atoms with van der Waals surface area (Å²) in [6, 6.07) is 25.1. The fourth-order valence-electron chi connectivity index (χ4n) is 3.72. The highest BCUT2D eigenvalue weighted by atomic mass is 35.5. The number of nitrogens with one attached hydrogen (secondary N) is 1. The Bertz CT molecular complexity index is 1380. The molecule has 4 aromatic rings. The summed E-state index contributed by atoms with van der Waals surface area (Å²) < 4.78 is 2.05. The first kappa shape index (κ1) is 20.5. The average molecular weight is 426 g/mol. The van der Waals surface area contributed by atoms with Crippen LogP contribution in [-0.4, -0.2) is 10.5 Å². The molecule has 0 unspecified atom stereocenters. The highest BCUT2D eigenvalue weighted by Gasteiger charge is 2.14. The van der Waals surface area contributed by atoms with E-state index in [2.05, 4.69) is 5.32 Å². The number of aromatic nitrogens is 1. The van der Waals surface area contributed by atoms with E-state index in [9.17, 15) is 10.1 Å². The van der Waals surface area contributed by atoms with Crippen molar-refractivity contribution in [2.75, 3.05) is 5.32 Å². The first-order valence-corrected chi connectivity index (χ1v) is 10.2. The van der Waals surface area contributed by atoms with Crippen molar-refractivity contribution in [2.45, 2.75) is 13.8 Å². The van der Waals surface area contributed by atoms with Gasteiger partial charge in [0, 0.05) is 27.8 Å². The van der Waals surface area contributed by atoms with Crippen LogP contribution in [0.2, 0.25) is 5.02 Å². The molecule has 0 radical (unpaired) electrons. The molecule has 152 valence electrons. The van der Waals surface area contributed by atoms with E-state index in [1.54, 1.807) is 6.08 Å². The number of rotatable bonds is 4. The van der Waals surface area contributed by atoms with Crippen LogP contribution in [0.3, 0.4) is 0 Å². The van der Waals surface area contributed by atoms with Gasteiger partial charge in [-0.1, -0.05) is 48.0 Å². The Morgan fingerprint density at radius 3 is 2.52 bits per heavy atom. The summed E-state index contributed by atoms with van der Waals surface area (Å²) in [6.45, 7) is 3.93. The van der Waals surface area contributed by atoms with E-state index in [1.165, 1.54) is 0 Å². The lowest BCUT2D eigenvalue weighted by Gasteiger charge is -2.10. The Morgan fingerprint density at radius 2 is 1.77 bits per heavy atom. The third-order valence-electron chi connectivity index (χ3n) is 5.21. The minimum Gasteiger partial charge on any atom is -0.321 e. The molecule has 1 aromatic heterocycles. The van der Waals surface area contributed by atoms with Gasteiger partial charge in [0.15, 0.2) is 0 Å². The molecule has 0 fully saturated rings. The minimum atomic E-state index is -0.440. The Kier molecular flexibility index (Phi) is 5.62. The van der Waals surface area contributed by atoms with Gasteiger partial charge in [-0.05, 0) is 72.7 Å². The topological polar surface area (TPSA) is 57.8 Å². The number of fused-ring (bicyclic) bond motifs is 1. The van der Waals surface area contributed by atoms with Crippen molar-refractivity contribution < 1.29 is 4.79 Å². The van der Waals surface area contributed by atoms with E-state index in [-0.39, 0.29) is 5.57 Å². The van der Waals surface area contributed by atoms with Crippen LogP contribution in [0.4, 0.5) is 5.69 Å². The maximum atomic E-state index is 12.8. The smallest absolute Gasteiger partial charge is 0.266 e. The summed E-state index contributed by atoms with van der Waals surface area (Å²) in [6.07, 6.45) is 1.62. The van der Waals surface area contributed by atoms with Crippen LogP contribution in [0.25, 0.3) is 22.5 Å². The van der Waals surface area contributed by atoms with Crippen molar-refractivity contribution in [1.29, 1.82) is 5.26 Å². The van der Waals surface area contributed by atoms with Crippen molar-refractivity contribution in [1.82, 2.24) is 4.57 Å². The van der Waals surface area contributed by atoms with E-state index in [1.807, 2.05) is 97.3 Å². The van der Waals surface area contributed by atoms with Crippen LogP contribution in [0, 0.1) is 25.2 Å². The van der Waals surface area contributed by atoms with Crippen LogP contribution < -0.4 is 5.32 Å². The number of amides is 1. The first-order valence-electron chi connectivity index (χ1n) is 9.83. The predicted molar refractivity (Wildman–Crippen MR) is 126 cm³/mol. The third kappa shape index (κ3) is 4.23. The number of carbonyl (C=O) groups is 1. The molecule has 31 heavy (non-hydrogen) atoms. The Hall–Kier alpha value is -3.81. The summed E-state index contributed by atoms with van der Waals surface area (Å²) in [5.74, 6) is -0.440. The van der Waals surface area contributed by atoms with Crippen molar-refractivity contribution in [3.05, 3.63) is 100 Å². The van der Waals surface area contributed by atoms with Crippen LogP contribution in [-0.2, 0) is 4.79 Å². The molecular weight excluding hydrogens is 406 g/mol. The van der Waals surface area contributed by atoms with Crippen LogP contribution in [0.5, 0.6) is 0 Å². The number of aryl methyl sites for hydroxylation is 1. The lowest BCUT2D eigenvalue weighted by molar-refractivity contribution is -0.112. The summed E-state index contributed by atoms with van der Waals surface area (Å²) in [5, 5.41) is 15.2. The molecule has 0 saturated carbocycles. The highest BCUT2D eigenvalue weighted by molar-refractivity contribution is 6.30. The highest BCUT2D eigenvalue weighted by Crippen LogP contribution is 2.25. The summed E-state index contributed by atoms with van der Waals surface area (Å²) in [4.78, 5) is 12.8. The second-order valence-electron chi connectivity index (χ2n) is 7.33. The van der Waals surface area contributed by atoms with Crippen LogP contribution in [0.1, 0.15) is 17.0 Å². The molecule has 5 heteroatoms. The number of hydrogen-bond donors (Lipinski definition) is 1. The molecule has 3 aromatic carbocycles. The predicted octanol–water partition coefficient (Wildman–Crippen LogP) is 6.45. The van der Waals surface area contributed by atoms with E-state index in [0.29, 0.717) is 10.7 Å². The second-order valence-corrected chi connectivity index (χ2v) is 7.76. The van der Waals surface area contributed by atoms with E-state index >= 15 is 0 Å². The number of hydrogen-bond acceptors (Lipinski definition) is 2. The van der Waals surface area contributed by atoms with Gasteiger partial charge in [-0.25, -0.2) is 0 Å². The molecule has 0 bridgehead atoms. The van der Waals surface area contributed by atoms with Crippen LogP contribution >= 0.6 is 11.6 Å². The van der Waals surface area contributed by atoms with Gasteiger partial charge in [-0.2, -0.15) is 5.26 Å². The Labute approximate surface area is 186 Å². The zero-order valence-electron chi connectivity index (χ0n) is 17.2. The van der Waals surface area contributed by atoms with Gasteiger partial charge in [0.05, 0.1) is 0 Å². The first-order chi connectivity index (χ1) is 15.0. The van der Waals surface area contributed by atoms with E-state index in [4.69, 9.17) is 11.6 Å². The normalized spacial score (nSPS) is 11.4. The van der Waals surface area contributed by atoms with Crippen molar-refractivity contribution >= 4 is 40.0 Å². The van der Waals surface area contributed by atoms with Gasteiger partial charge < -0.3 is 9.88 Å². The molecule has 0 saturated heterocycles. The van der Waals surface area contributed by atoms with Gasteiger partial charge >= 0.3 is 0 Å². The zero-order valence-corrected chi connectivity index (χ0v) is 17.9. The molecule has 4 nitrogen and oxygen atoms in total. The molecule has 0 spiro atoms. The Balaban J connectivity index is 1.64. The standard InChI is InChI=1S/C26H20ClN3O/c1-17-12-21(18(2)30(17)25-9-5-8-23(27)15-25)13-22(16-28)26(31)29-24-11-10-19-6-3-4-7-20(19)14-24/h3-15H,1-2H3,(H,29,31). The largest absolute Gasteiger partial charge is 0.321 e. The molecule has 0 aliphatic heterocycles. The average Bonchev–Trinajstić information content (AvgIpc) is 3.04. The SMILES string of the molecule is Cc1cc(C=C(C#N)C(=O)Nc2ccc3ccccc3c2)c(C)n1-c1cccc(Cl)c1. The fourth-order valence-corrected chi connectivity index (χ4v) is 3.90. The second kappa shape index (κ2) is 8.51. The van der Waals surface area contributed by atoms with Gasteiger partial charge in [-0.15, -0.1) is 0 Å². The summed E-state index contributed by atoms with van der Waals surface area (Å²) >= 11 is 6.15. The maximum Gasteiger partial charge on any atom is 0.266 e. The van der Waals surface area contributed by atoms with Crippen molar-refractivity contribution in [3.8, 4) is 11.8 Å². The lowest BCUT2D eigenvalue weighted by Crippen LogP contribution is -2.13. The van der Waals surface area contributed by atoms with Gasteiger partial charge in [0.2, 0.25) is 0 Å². The molecule has 4 rings (SSSR count). The number of carbonyl (C=O) groups excluding carboxylic acids is 1. The van der Waals surface area contributed by atoms with Gasteiger partial charge in [0.25, 0.3) is 5.91 Å². The lowest BCUT2D eigenvalue weighted by atomic mass is 10.1. The molecule has 1 amide bonds. The maximum absolute atomic E-state index is 12.8. The van der Waals surface area contributed by atoms with Gasteiger partial charge in [0.1, 0.15) is 11.6 Å². The molecule has 0 aliphatic carbocycles. The van der Waals surface area contributed by atoms with Crippen molar-refractivity contribution in [3.63, 3.8) is 0 Å². The van der Waals surface area contributed by atoms with Crippen molar-refractivity contribution in [2.24, 2.45) is 0 Å². The minimum absolute atomic E-state index is 0.0412. The number of anilines is 1. The molecule has 0 atom stereocenters. The molecular formula is C26H20ClN3O. The fraction of sp³-hybridized carbons (Fsp3) is 0.0769. The monoisotopic (exact) mass is 425 g/mol. The van der Waals surface area contributed by atoms with E-state index in [0.717, 1.165) is 33.4 Å². The number of nitriles is 1. The summed E-state index contributed by atoms with van der Waals surface area (Å²) in [7, 11) is 0. The Morgan fingerprint density at radius 1 is 1.00 bits per heavy atom. The van der Waals surface area contributed by atoms with Crippen LogP contribution in [0.15, 0.2) is 78.4 Å². The zero-order chi connectivity index (χ0) is 22.0. The van der Waals surface area contributed by atoms with E-state index < -0.39 is 5.91 Å². The summed E-state index contributed by atoms with van der Waals surface area (Å²) in [5.41, 5.74) is 4.34. The quantitative estimate of drug-likeness (QED) is 0.302.